The van der Waals surface area contributed by atoms with Crippen LogP contribution in [0.1, 0.15) is 129 Å². The van der Waals surface area contributed by atoms with Crippen molar-refractivity contribution in [2.45, 2.75) is 142 Å². The monoisotopic (exact) mass is 748 g/mol. The third-order valence-electron chi connectivity index (χ3n) is 8.09. The molecule has 0 saturated carbocycles. The summed E-state index contributed by atoms with van der Waals surface area (Å²) in [5.74, 6) is -0.276. The summed E-state index contributed by atoms with van der Waals surface area (Å²) in [6, 6.07) is -0.910. The van der Waals surface area contributed by atoms with Gasteiger partial charge in [0.1, 0.15) is 13.2 Å². The van der Waals surface area contributed by atoms with Gasteiger partial charge in [0, 0.05) is 6.42 Å². The van der Waals surface area contributed by atoms with Gasteiger partial charge in [0.05, 0.1) is 39.9 Å². The standard InChI is InChI=1S/C43H75N2O6P/c1-6-8-10-12-14-16-18-20-21-22-23-25-26-28-30-32-34-36-42(46)41(40-51-52(48,49)50-39-38-45(3,4)5)44-43(47)37-35-33-31-29-27-24-19-17-15-13-11-9-7-2/h9,11,15,17,21-22,24,26-28,31,33-34,36,41-42,46H,6-8,10,12-14,16,18-20,23,25,29-30,32,35,37-40H2,1-5H3,(H-,44,47,48,49)/p+1/b11-9-,17-15-,22-21+,27-24-,28-26+,33-31-,36-34+. The number of carbonyl (C=O) groups is 1. The average Bonchev–Trinajstić information content (AvgIpc) is 3.09. The molecule has 0 aromatic heterocycles. The predicted octanol–water partition coefficient (Wildman–Crippen LogP) is 10.6. The largest absolute Gasteiger partial charge is 0.472 e. The number of quaternary nitrogens is 1. The van der Waals surface area contributed by atoms with Gasteiger partial charge < -0.3 is 19.8 Å². The molecular formula is C43H76N2O6P+. The molecule has 0 aliphatic heterocycles. The third-order valence-corrected chi connectivity index (χ3v) is 9.07. The van der Waals surface area contributed by atoms with Gasteiger partial charge in [-0.3, -0.25) is 13.8 Å². The summed E-state index contributed by atoms with van der Waals surface area (Å²) in [6.45, 7) is 4.56. The van der Waals surface area contributed by atoms with Crippen LogP contribution in [0.25, 0.3) is 0 Å². The summed E-state index contributed by atoms with van der Waals surface area (Å²) in [6.07, 6.45) is 46.7. The maximum Gasteiger partial charge on any atom is 0.472 e. The molecule has 3 atom stereocenters. The molecule has 0 bridgehead atoms. The van der Waals surface area contributed by atoms with Gasteiger partial charge in [-0.1, -0.05) is 137 Å². The SMILES string of the molecule is CC/C=C\C/C=C\C/C=C\C/C=C\CCC(=O)NC(COP(=O)(O)OCC[N+](C)(C)C)C(O)/C=C/CC/C=C/CC/C=C/CCCCCCCCC. The summed E-state index contributed by atoms with van der Waals surface area (Å²) < 4.78 is 23.4. The quantitative estimate of drug-likeness (QED) is 0.0262. The molecule has 0 fully saturated rings. The second kappa shape index (κ2) is 34.4. The number of phosphoric ester groups is 1. The number of phosphoric acid groups is 1. The normalized spacial score (nSPS) is 15.4. The minimum atomic E-state index is -4.37. The van der Waals surface area contributed by atoms with Gasteiger partial charge in [0.15, 0.2) is 0 Å². The maximum atomic E-state index is 12.8. The van der Waals surface area contributed by atoms with Crippen LogP contribution < -0.4 is 5.32 Å². The van der Waals surface area contributed by atoms with E-state index >= 15 is 0 Å². The van der Waals surface area contributed by atoms with E-state index < -0.39 is 20.0 Å². The predicted molar refractivity (Wildman–Crippen MR) is 221 cm³/mol. The Balaban J connectivity index is 4.72. The topological polar surface area (TPSA) is 105 Å². The highest BCUT2D eigenvalue weighted by Crippen LogP contribution is 2.43. The molecule has 0 radical (unpaired) electrons. The number of carbonyl (C=O) groups excluding carboxylic acids is 1. The Morgan fingerprint density at radius 1 is 0.673 bits per heavy atom. The second-order valence-electron chi connectivity index (χ2n) is 14.3. The van der Waals surface area contributed by atoms with E-state index in [0.717, 1.165) is 51.4 Å². The van der Waals surface area contributed by atoms with Crippen molar-refractivity contribution in [3.63, 3.8) is 0 Å². The lowest BCUT2D eigenvalue weighted by molar-refractivity contribution is -0.870. The van der Waals surface area contributed by atoms with Gasteiger partial charge in [-0.25, -0.2) is 4.57 Å². The lowest BCUT2D eigenvalue weighted by Gasteiger charge is -2.25. The first kappa shape index (κ1) is 49.7. The number of aliphatic hydroxyl groups excluding tert-OH is 1. The first-order valence-corrected chi connectivity index (χ1v) is 21.5. The number of hydrogen-bond donors (Lipinski definition) is 3. The Hall–Kier alpha value is -2.32. The molecule has 9 heteroatoms. The Kier molecular flexibility index (Phi) is 32.9. The van der Waals surface area contributed by atoms with E-state index in [1.807, 2.05) is 39.4 Å². The minimum absolute atomic E-state index is 0.0364. The van der Waals surface area contributed by atoms with E-state index in [1.165, 1.54) is 51.4 Å². The average molecular weight is 748 g/mol. The van der Waals surface area contributed by atoms with Crippen molar-refractivity contribution in [1.29, 1.82) is 0 Å². The van der Waals surface area contributed by atoms with Crippen molar-refractivity contribution in [3.8, 4) is 0 Å². The number of nitrogens with one attached hydrogen (secondary N) is 1. The summed E-state index contributed by atoms with van der Waals surface area (Å²) in [7, 11) is 1.48. The van der Waals surface area contributed by atoms with Gasteiger partial charge in [-0.05, 0) is 70.6 Å². The number of amides is 1. The zero-order chi connectivity index (χ0) is 38.6. The molecule has 8 nitrogen and oxygen atoms in total. The molecule has 0 aromatic carbocycles. The summed E-state index contributed by atoms with van der Waals surface area (Å²) in [4.78, 5) is 23.0. The van der Waals surface area contributed by atoms with Crippen molar-refractivity contribution in [3.05, 3.63) is 85.1 Å². The molecule has 0 aliphatic carbocycles. The summed E-state index contributed by atoms with van der Waals surface area (Å²) in [5, 5.41) is 13.7. The van der Waals surface area contributed by atoms with Crippen molar-refractivity contribution in [2.24, 2.45) is 0 Å². The fourth-order valence-electron chi connectivity index (χ4n) is 4.90. The zero-order valence-corrected chi connectivity index (χ0v) is 34.4. The zero-order valence-electron chi connectivity index (χ0n) is 33.5. The maximum absolute atomic E-state index is 12.8. The van der Waals surface area contributed by atoms with Crippen LogP contribution in [0.4, 0.5) is 0 Å². The number of aliphatic hydroxyl groups is 1. The van der Waals surface area contributed by atoms with Crippen molar-refractivity contribution >= 4 is 13.7 Å². The smallest absolute Gasteiger partial charge is 0.387 e. The molecule has 0 spiro atoms. The minimum Gasteiger partial charge on any atom is -0.387 e. The van der Waals surface area contributed by atoms with Crippen molar-refractivity contribution in [2.75, 3.05) is 40.9 Å². The van der Waals surface area contributed by atoms with Crippen LogP contribution in [0.15, 0.2) is 85.1 Å². The van der Waals surface area contributed by atoms with Crippen LogP contribution in [0.5, 0.6) is 0 Å². The van der Waals surface area contributed by atoms with E-state index in [2.05, 4.69) is 79.9 Å². The number of rotatable bonds is 34. The van der Waals surface area contributed by atoms with Crippen LogP contribution in [0.3, 0.4) is 0 Å². The Morgan fingerprint density at radius 3 is 1.75 bits per heavy atom. The summed E-state index contributed by atoms with van der Waals surface area (Å²) >= 11 is 0. The molecule has 0 heterocycles. The first-order valence-electron chi connectivity index (χ1n) is 20.0. The second-order valence-corrected chi connectivity index (χ2v) is 15.7. The summed E-state index contributed by atoms with van der Waals surface area (Å²) in [5.41, 5.74) is 0. The van der Waals surface area contributed by atoms with Crippen LogP contribution in [-0.4, -0.2) is 73.4 Å². The van der Waals surface area contributed by atoms with Crippen molar-refractivity contribution < 1.29 is 32.9 Å². The Bertz CT molecular complexity index is 1120. The van der Waals surface area contributed by atoms with Crippen LogP contribution >= 0.6 is 7.82 Å². The first-order chi connectivity index (χ1) is 25.0. The van der Waals surface area contributed by atoms with E-state index in [0.29, 0.717) is 17.4 Å². The van der Waals surface area contributed by atoms with Crippen molar-refractivity contribution in [1.82, 2.24) is 5.32 Å². The number of unbranched alkanes of at least 4 members (excludes halogenated alkanes) is 9. The molecule has 298 valence electrons. The molecule has 3 N–H and O–H groups in total. The molecule has 0 aliphatic rings. The van der Waals surface area contributed by atoms with Crippen LogP contribution in [-0.2, 0) is 18.4 Å². The van der Waals surface area contributed by atoms with Crippen LogP contribution in [0.2, 0.25) is 0 Å². The molecule has 0 aromatic rings. The van der Waals surface area contributed by atoms with Gasteiger partial charge >= 0.3 is 7.82 Å². The van der Waals surface area contributed by atoms with Gasteiger partial charge in [0.25, 0.3) is 0 Å². The third kappa shape index (κ3) is 36.1. The fourth-order valence-corrected chi connectivity index (χ4v) is 5.64. The lowest BCUT2D eigenvalue weighted by atomic mass is 10.1. The molecule has 52 heavy (non-hydrogen) atoms. The van der Waals surface area contributed by atoms with Gasteiger partial charge in [0.2, 0.25) is 5.91 Å². The molecule has 3 unspecified atom stereocenters. The Morgan fingerprint density at radius 2 is 1.17 bits per heavy atom. The number of allylic oxidation sites excluding steroid dienone is 13. The van der Waals surface area contributed by atoms with E-state index in [1.54, 1.807) is 6.08 Å². The van der Waals surface area contributed by atoms with Gasteiger partial charge in [-0.15, -0.1) is 0 Å². The number of nitrogens with zero attached hydrogens (tertiary/aromatic N) is 1. The van der Waals surface area contributed by atoms with E-state index in [-0.39, 0.29) is 25.5 Å². The Labute approximate surface area is 318 Å². The highest BCUT2D eigenvalue weighted by Gasteiger charge is 2.27. The van der Waals surface area contributed by atoms with E-state index in [4.69, 9.17) is 9.05 Å². The van der Waals surface area contributed by atoms with Gasteiger partial charge in [-0.2, -0.15) is 0 Å². The highest BCUT2D eigenvalue weighted by atomic mass is 31.2. The number of hydrogen-bond acceptors (Lipinski definition) is 5. The van der Waals surface area contributed by atoms with Crippen LogP contribution in [0, 0.1) is 0 Å². The number of likely N-dealkylation sites (N-methyl/N-ethyl adjacent to an activating group) is 1. The lowest BCUT2D eigenvalue weighted by Crippen LogP contribution is -2.45. The highest BCUT2D eigenvalue weighted by molar-refractivity contribution is 7.47. The molecule has 0 rings (SSSR count). The fraction of sp³-hybridized carbons (Fsp3) is 0.651. The van der Waals surface area contributed by atoms with E-state index in [9.17, 15) is 19.4 Å². The molecule has 0 saturated heterocycles. The molecule has 1 amide bonds. The molecular weight excluding hydrogens is 671 g/mol.